The number of methoxy groups -OCH3 is 1. The third-order valence-corrected chi connectivity index (χ3v) is 3.74. The van der Waals surface area contributed by atoms with Crippen LogP contribution >= 0.6 is 0 Å². The first-order chi connectivity index (χ1) is 9.74. The lowest BCUT2D eigenvalue weighted by molar-refractivity contribution is 0.0784. The molecular weight excluding hydrogens is 257 g/mol. The molecule has 0 radical (unpaired) electrons. The van der Waals surface area contributed by atoms with Gasteiger partial charge in [0.25, 0.3) is 0 Å². The number of nitrogens with one attached hydrogen (secondary N) is 1. The van der Waals surface area contributed by atoms with Crippen LogP contribution < -0.4 is 10.1 Å². The SMILES string of the molecule is CCCNC(Cc1ccc(OC)c(F)c1)C1CCCO1. The summed E-state index contributed by atoms with van der Waals surface area (Å²) in [6, 6.07) is 5.44. The van der Waals surface area contributed by atoms with Gasteiger partial charge in [0.1, 0.15) is 0 Å². The molecule has 4 heteroatoms. The van der Waals surface area contributed by atoms with E-state index in [4.69, 9.17) is 9.47 Å². The van der Waals surface area contributed by atoms with Crippen LogP contribution in [0.4, 0.5) is 4.39 Å². The normalized spacial score (nSPS) is 20.1. The second-order valence-corrected chi connectivity index (χ2v) is 5.29. The minimum Gasteiger partial charge on any atom is -0.494 e. The molecule has 1 aliphatic heterocycles. The zero-order valence-corrected chi connectivity index (χ0v) is 12.3. The van der Waals surface area contributed by atoms with Gasteiger partial charge in [-0.1, -0.05) is 13.0 Å². The molecule has 2 unspecified atom stereocenters. The Morgan fingerprint density at radius 2 is 2.35 bits per heavy atom. The highest BCUT2D eigenvalue weighted by molar-refractivity contribution is 5.29. The lowest BCUT2D eigenvalue weighted by atomic mass is 9.99. The molecule has 0 aliphatic carbocycles. The zero-order valence-electron chi connectivity index (χ0n) is 12.3. The summed E-state index contributed by atoms with van der Waals surface area (Å²) in [6.07, 6.45) is 4.31. The van der Waals surface area contributed by atoms with Crippen molar-refractivity contribution in [1.82, 2.24) is 5.32 Å². The average molecular weight is 281 g/mol. The third-order valence-electron chi connectivity index (χ3n) is 3.74. The van der Waals surface area contributed by atoms with E-state index in [9.17, 15) is 4.39 Å². The van der Waals surface area contributed by atoms with Crippen molar-refractivity contribution in [1.29, 1.82) is 0 Å². The Kier molecular flexibility index (Phi) is 5.80. The highest BCUT2D eigenvalue weighted by Gasteiger charge is 2.25. The Morgan fingerprint density at radius 3 is 2.95 bits per heavy atom. The first-order valence-electron chi connectivity index (χ1n) is 7.42. The number of halogens is 1. The maximum atomic E-state index is 13.8. The lowest BCUT2D eigenvalue weighted by Gasteiger charge is -2.24. The first kappa shape index (κ1) is 15.3. The minimum absolute atomic E-state index is 0.242. The molecule has 0 spiro atoms. The van der Waals surface area contributed by atoms with Crippen LogP contribution in [0.25, 0.3) is 0 Å². The molecule has 2 atom stereocenters. The number of ether oxygens (including phenoxy) is 2. The Balaban J connectivity index is 2.04. The second-order valence-electron chi connectivity index (χ2n) is 5.29. The van der Waals surface area contributed by atoms with E-state index >= 15 is 0 Å². The number of rotatable bonds is 7. The minimum atomic E-state index is -0.299. The van der Waals surface area contributed by atoms with Crippen molar-refractivity contribution in [3.05, 3.63) is 29.6 Å². The molecule has 0 amide bonds. The van der Waals surface area contributed by atoms with Crippen molar-refractivity contribution in [2.45, 2.75) is 44.8 Å². The van der Waals surface area contributed by atoms with Crippen molar-refractivity contribution in [3.63, 3.8) is 0 Å². The van der Waals surface area contributed by atoms with Crippen molar-refractivity contribution < 1.29 is 13.9 Å². The van der Waals surface area contributed by atoms with E-state index < -0.39 is 0 Å². The quantitative estimate of drug-likeness (QED) is 0.833. The van der Waals surface area contributed by atoms with Gasteiger partial charge in [0.15, 0.2) is 11.6 Å². The predicted octanol–water partition coefficient (Wildman–Crippen LogP) is 2.92. The second kappa shape index (κ2) is 7.60. The zero-order chi connectivity index (χ0) is 14.4. The van der Waals surface area contributed by atoms with Gasteiger partial charge in [-0.25, -0.2) is 4.39 Å². The molecule has 0 saturated carbocycles. The van der Waals surface area contributed by atoms with E-state index in [1.165, 1.54) is 7.11 Å². The van der Waals surface area contributed by atoms with Gasteiger partial charge in [-0.2, -0.15) is 0 Å². The number of hydrogen-bond acceptors (Lipinski definition) is 3. The molecule has 20 heavy (non-hydrogen) atoms. The van der Waals surface area contributed by atoms with Crippen molar-refractivity contribution in [3.8, 4) is 5.75 Å². The smallest absolute Gasteiger partial charge is 0.165 e. The maximum absolute atomic E-state index is 13.8. The molecule has 1 aromatic rings. The topological polar surface area (TPSA) is 30.5 Å². The predicted molar refractivity (Wildman–Crippen MR) is 77.7 cm³/mol. The van der Waals surface area contributed by atoms with E-state index in [0.29, 0.717) is 5.75 Å². The van der Waals surface area contributed by atoms with Crippen LogP contribution in [0, 0.1) is 5.82 Å². The van der Waals surface area contributed by atoms with Gasteiger partial charge in [0, 0.05) is 12.6 Å². The molecule has 1 heterocycles. The van der Waals surface area contributed by atoms with Gasteiger partial charge in [0.2, 0.25) is 0 Å². The van der Waals surface area contributed by atoms with Crippen LogP contribution in [0.5, 0.6) is 5.75 Å². The Bertz CT molecular complexity index is 419. The summed E-state index contributed by atoms with van der Waals surface area (Å²) >= 11 is 0. The van der Waals surface area contributed by atoms with E-state index in [1.807, 2.05) is 6.07 Å². The molecule has 0 aromatic heterocycles. The van der Waals surface area contributed by atoms with E-state index in [1.54, 1.807) is 12.1 Å². The number of benzene rings is 1. The van der Waals surface area contributed by atoms with Crippen LogP contribution in [0.3, 0.4) is 0 Å². The monoisotopic (exact) mass is 281 g/mol. The van der Waals surface area contributed by atoms with Gasteiger partial charge in [-0.3, -0.25) is 0 Å². The van der Waals surface area contributed by atoms with Gasteiger partial charge in [-0.15, -0.1) is 0 Å². The van der Waals surface area contributed by atoms with Crippen molar-refractivity contribution in [2.24, 2.45) is 0 Å². The molecule has 1 saturated heterocycles. The molecule has 3 nitrogen and oxygen atoms in total. The molecule has 0 bridgehead atoms. The standard InChI is InChI=1S/C16H24FNO2/c1-3-8-18-14(16-5-4-9-20-16)11-12-6-7-15(19-2)13(17)10-12/h6-7,10,14,16,18H,3-5,8-9,11H2,1-2H3. The summed E-state index contributed by atoms with van der Waals surface area (Å²) in [4.78, 5) is 0. The van der Waals surface area contributed by atoms with Gasteiger partial charge in [-0.05, 0) is 49.9 Å². The van der Waals surface area contributed by atoms with E-state index in [2.05, 4.69) is 12.2 Å². The summed E-state index contributed by atoms with van der Waals surface area (Å²) in [5.41, 5.74) is 0.979. The summed E-state index contributed by atoms with van der Waals surface area (Å²) in [5, 5.41) is 3.53. The fraction of sp³-hybridized carbons (Fsp3) is 0.625. The molecule has 1 aromatic carbocycles. The van der Waals surface area contributed by atoms with Crippen LogP contribution in [0.1, 0.15) is 31.7 Å². The maximum Gasteiger partial charge on any atom is 0.165 e. The molecular formula is C16H24FNO2. The average Bonchev–Trinajstić information content (AvgIpc) is 2.97. The fourth-order valence-corrected chi connectivity index (χ4v) is 2.68. The van der Waals surface area contributed by atoms with Gasteiger partial charge >= 0.3 is 0 Å². The van der Waals surface area contributed by atoms with E-state index in [0.717, 1.165) is 44.4 Å². The van der Waals surface area contributed by atoms with Crippen LogP contribution in [-0.4, -0.2) is 32.4 Å². The molecule has 112 valence electrons. The van der Waals surface area contributed by atoms with Crippen molar-refractivity contribution in [2.75, 3.05) is 20.3 Å². The summed E-state index contributed by atoms with van der Waals surface area (Å²) in [7, 11) is 1.48. The van der Waals surface area contributed by atoms with Gasteiger partial charge < -0.3 is 14.8 Å². The van der Waals surface area contributed by atoms with Gasteiger partial charge in [0.05, 0.1) is 13.2 Å². The Hall–Kier alpha value is -1.13. The summed E-state index contributed by atoms with van der Waals surface area (Å²) < 4.78 is 24.5. The van der Waals surface area contributed by atoms with E-state index in [-0.39, 0.29) is 18.0 Å². The molecule has 1 aliphatic rings. The molecule has 1 N–H and O–H groups in total. The summed E-state index contributed by atoms with van der Waals surface area (Å²) in [6.45, 7) is 3.95. The molecule has 2 rings (SSSR count). The van der Waals surface area contributed by atoms with Crippen molar-refractivity contribution >= 4 is 0 Å². The number of hydrogen-bond donors (Lipinski definition) is 1. The largest absolute Gasteiger partial charge is 0.494 e. The lowest BCUT2D eigenvalue weighted by Crippen LogP contribution is -2.41. The van der Waals surface area contributed by atoms with Crippen LogP contribution in [-0.2, 0) is 11.2 Å². The van der Waals surface area contributed by atoms with Crippen LogP contribution in [0.2, 0.25) is 0 Å². The Labute approximate surface area is 120 Å². The van der Waals surface area contributed by atoms with Crippen LogP contribution in [0.15, 0.2) is 18.2 Å². The highest BCUT2D eigenvalue weighted by atomic mass is 19.1. The highest BCUT2D eigenvalue weighted by Crippen LogP contribution is 2.22. The first-order valence-corrected chi connectivity index (χ1v) is 7.42. The third kappa shape index (κ3) is 3.93. The Morgan fingerprint density at radius 1 is 1.50 bits per heavy atom. The fourth-order valence-electron chi connectivity index (χ4n) is 2.68. The summed E-state index contributed by atoms with van der Waals surface area (Å²) in [5.74, 6) is -0.00415. The molecule has 1 fully saturated rings.